The lowest BCUT2D eigenvalue weighted by Gasteiger charge is -2.08. The molecule has 2 aromatic rings. The second-order valence-electron chi connectivity index (χ2n) is 4.44. The molecule has 5 heteroatoms. The van der Waals surface area contributed by atoms with E-state index >= 15 is 0 Å². The van der Waals surface area contributed by atoms with Crippen LogP contribution < -0.4 is 10.6 Å². The van der Waals surface area contributed by atoms with Gasteiger partial charge in [-0.2, -0.15) is 0 Å². The summed E-state index contributed by atoms with van der Waals surface area (Å²) in [5.41, 5.74) is 2.72. The van der Waals surface area contributed by atoms with E-state index in [-0.39, 0.29) is 5.91 Å². The Morgan fingerprint density at radius 1 is 1.30 bits per heavy atom. The molecule has 0 spiro atoms. The van der Waals surface area contributed by atoms with Crippen molar-refractivity contribution in [2.24, 2.45) is 0 Å². The Labute approximate surface area is 118 Å². The lowest BCUT2D eigenvalue weighted by Crippen LogP contribution is -2.23. The third-order valence-electron chi connectivity index (χ3n) is 2.97. The summed E-state index contributed by atoms with van der Waals surface area (Å²) in [4.78, 5) is 20.3. The van der Waals surface area contributed by atoms with Gasteiger partial charge in [0.15, 0.2) is 0 Å². The zero-order chi connectivity index (χ0) is 14.4. The highest BCUT2D eigenvalue weighted by molar-refractivity contribution is 5.94. The summed E-state index contributed by atoms with van der Waals surface area (Å²) >= 11 is 0. The number of aryl methyl sites for hydroxylation is 1. The summed E-state index contributed by atoms with van der Waals surface area (Å²) in [6, 6.07) is 5.37. The minimum absolute atomic E-state index is 0.116. The largest absolute Gasteiger partial charge is 0.370 e. The normalized spacial score (nSPS) is 10.1. The first-order valence-electron chi connectivity index (χ1n) is 6.58. The fourth-order valence-electron chi connectivity index (χ4n) is 1.81. The number of anilines is 1. The van der Waals surface area contributed by atoms with E-state index in [2.05, 4.69) is 20.6 Å². The Hall–Kier alpha value is -2.43. The fourth-order valence-corrected chi connectivity index (χ4v) is 1.81. The number of hydrogen-bond donors (Lipinski definition) is 2. The first-order chi connectivity index (χ1) is 9.70. The third-order valence-corrected chi connectivity index (χ3v) is 2.97. The summed E-state index contributed by atoms with van der Waals surface area (Å²) in [5, 5.41) is 5.98. The highest BCUT2D eigenvalue weighted by Gasteiger charge is 2.07. The van der Waals surface area contributed by atoms with Gasteiger partial charge in [-0.25, -0.2) is 4.98 Å². The molecular formula is C15H18N4O. The number of amides is 1. The van der Waals surface area contributed by atoms with Crippen molar-refractivity contribution < 1.29 is 4.79 Å². The maximum Gasteiger partial charge on any atom is 0.251 e. The van der Waals surface area contributed by atoms with Gasteiger partial charge in [-0.15, -0.1) is 0 Å². The quantitative estimate of drug-likeness (QED) is 0.873. The number of nitrogens with zero attached hydrogens (tertiary/aromatic N) is 2. The number of carbonyl (C=O) groups is 1. The van der Waals surface area contributed by atoms with Crippen molar-refractivity contribution >= 4 is 11.7 Å². The third kappa shape index (κ3) is 3.54. The fraction of sp³-hybridized carbons (Fsp3) is 0.267. The molecule has 0 aliphatic heterocycles. The number of rotatable bonds is 5. The van der Waals surface area contributed by atoms with E-state index in [9.17, 15) is 4.79 Å². The second-order valence-corrected chi connectivity index (χ2v) is 4.44. The van der Waals surface area contributed by atoms with Gasteiger partial charge in [-0.05, 0) is 43.2 Å². The lowest BCUT2D eigenvalue weighted by atomic mass is 10.1. The molecule has 0 bridgehead atoms. The maximum atomic E-state index is 12.1. The number of pyridine rings is 2. The Morgan fingerprint density at radius 3 is 2.90 bits per heavy atom. The van der Waals surface area contributed by atoms with Gasteiger partial charge in [-0.3, -0.25) is 9.78 Å². The van der Waals surface area contributed by atoms with Crippen molar-refractivity contribution in [3.8, 4) is 0 Å². The molecule has 0 unspecified atom stereocenters. The monoisotopic (exact) mass is 270 g/mol. The first-order valence-corrected chi connectivity index (χ1v) is 6.58. The van der Waals surface area contributed by atoms with Gasteiger partial charge in [0.2, 0.25) is 0 Å². The molecule has 5 nitrogen and oxygen atoms in total. The van der Waals surface area contributed by atoms with Gasteiger partial charge in [-0.1, -0.05) is 0 Å². The molecule has 20 heavy (non-hydrogen) atoms. The average molecular weight is 270 g/mol. The van der Waals surface area contributed by atoms with Crippen LogP contribution >= 0.6 is 0 Å². The smallest absolute Gasteiger partial charge is 0.251 e. The predicted octanol–water partition coefficient (Wildman–Crippen LogP) is 2.15. The zero-order valence-electron chi connectivity index (χ0n) is 11.7. The van der Waals surface area contributed by atoms with Gasteiger partial charge in [0.05, 0.1) is 0 Å². The highest BCUT2D eigenvalue weighted by atomic mass is 16.1. The van der Waals surface area contributed by atoms with Crippen LogP contribution in [0.1, 0.15) is 28.4 Å². The van der Waals surface area contributed by atoms with Crippen LogP contribution in [0.15, 0.2) is 36.8 Å². The lowest BCUT2D eigenvalue weighted by molar-refractivity contribution is 0.0951. The highest BCUT2D eigenvalue weighted by Crippen LogP contribution is 2.08. The minimum atomic E-state index is -0.116. The van der Waals surface area contributed by atoms with E-state index in [1.165, 1.54) is 0 Å². The van der Waals surface area contributed by atoms with E-state index in [1.54, 1.807) is 30.7 Å². The zero-order valence-corrected chi connectivity index (χ0v) is 11.7. The standard InChI is InChI=1S/C15H18N4O/c1-3-17-14-8-12(5-7-18-14)15(20)19-10-13-9-16-6-4-11(13)2/h4-9H,3,10H2,1-2H3,(H,17,18)(H,19,20). The van der Waals surface area contributed by atoms with Crippen LogP contribution in [-0.4, -0.2) is 22.4 Å². The van der Waals surface area contributed by atoms with Gasteiger partial charge in [0, 0.05) is 37.2 Å². The summed E-state index contributed by atoms with van der Waals surface area (Å²) in [5.74, 6) is 0.590. The van der Waals surface area contributed by atoms with Crippen LogP contribution in [0.4, 0.5) is 5.82 Å². The van der Waals surface area contributed by atoms with Gasteiger partial charge >= 0.3 is 0 Å². The summed E-state index contributed by atoms with van der Waals surface area (Å²) in [6.45, 7) is 5.23. The molecule has 0 saturated heterocycles. The topological polar surface area (TPSA) is 66.9 Å². The van der Waals surface area contributed by atoms with Crippen molar-refractivity contribution in [1.82, 2.24) is 15.3 Å². The molecule has 2 aromatic heterocycles. The summed E-state index contributed by atoms with van der Waals surface area (Å²) in [6.07, 6.45) is 5.14. The number of aromatic nitrogens is 2. The van der Waals surface area contributed by atoms with E-state index in [0.717, 1.165) is 17.7 Å². The molecule has 2 rings (SSSR count). The van der Waals surface area contributed by atoms with Crippen LogP contribution in [0.5, 0.6) is 0 Å². The van der Waals surface area contributed by atoms with Crippen LogP contribution in [0.3, 0.4) is 0 Å². The van der Waals surface area contributed by atoms with Crippen LogP contribution in [0.25, 0.3) is 0 Å². The molecule has 0 aliphatic carbocycles. The average Bonchev–Trinajstić information content (AvgIpc) is 2.47. The molecule has 0 fully saturated rings. The molecule has 0 aliphatic rings. The Kier molecular flexibility index (Phi) is 4.65. The van der Waals surface area contributed by atoms with Crippen molar-refractivity contribution in [2.75, 3.05) is 11.9 Å². The maximum absolute atomic E-state index is 12.1. The minimum Gasteiger partial charge on any atom is -0.370 e. The summed E-state index contributed by atoms with van der Waals surface area (Å²) in [7, 11) is 0. The second kappa shape index (κ2) is 6.65. The molecule has 104 valence electrons. The van der Waals surface area contributed by atoms with Crippen molar-refractivity contribution in [2.45, 2.75) is 20.4 Å². The van der Waals surface area contributed by atoms with Crippen LogP contribution in [-0.2, 0) is 6.54 Å². The van der Waals surface area contributed by atoms with Gasteiger partial charge < -0.3 is 10.6 Å². The van der Waals surface area contributed by atoms with E-state index in [0.29, 0.717) is 17.9 Å². The van der Waals surface area contributed by atoms with E-state index < -0.39 is 0 Å². The molecule has 0 saturated carbocycles. The molecule has 2 N–H and O–H groups in total. The van der Waals surface area contributed by atoms with Gasteiger partial charge in [0.1, 0.15) is 5.82 Å². The predicted molar refractivity (Wildman–Crippen MR) is 78.5 cm³/mol. The molecule has 0 atom stereocenters. The molecule has 0 aromatic carbocycles. The molecule has 1 amide bonds. The van der Waals surface area contributed by atoms with E-state index in [4.69, 9.17) is 0 Å². The SMILES string of the molecule is CCNc1cc(C(=O)NCc2cnccc2C)ccn1. The summed E-state index contributed by atoms with van der Waals surface area (Å²) < 4.78 is 0. The van der Waals surface area contributed by atoms with E-state index in [1.807, 2.05) is 19.9 Å². The Balaban J connectivity index is 2.01. The molecule has 2 heterocycles. The van der Waals surface area contributed by atoms with Crippen molar-refractivity contribution in [1.29, 1.82) is 0 Å². The molecular weight excluding hydrogens is 252 g/mol. The van der Waals surface area contributed by atoms with Gasteiger partial charge in [0.25, 0.3) is 5.91 Å². The van der Waals surface area contributed by atoms with Crippen LogP contribution in [0.2, 0.25) is 0 Å². The van der Waals surface area contributed by atoms with Crippen molar-refractivity contribution in [3.05, 3.63) is 53.5 Å². The first kappa shape index (κ1) is 14.0. The molecule has 0 radical (unpaired) electrons. The Morgan fingerprint density at radius 2 is 2.15 bits per heavy atom. The van der Waals surface area contributed by atoms with Crippen LogP contribution in [0, 0.1) is 6.92 Å². The van der Waals surface area contributed by atoms with Crippen molar-refractivity contribution in [3.63, 3.8) is 0 Å². The Bertz CT molecular complexity index is 598. The number of nitrogens with one attached hydrogen (secondary N) is 2. The number of hydrogen-bond acceptors (Lipinski definition) is 4. The number of carbonyl (C=O) groups excluding carboxylic acids is 1.